The van der Waals surface area contributed by atoms with Crippen LogP contribution in [0.15, 0.2) is 0 Å². The maximum Gasteiger partial charge on any atom is 0.309 e. The molecule has 1 rings (SSSR count). The van der Waals surface area contributed by atoms with Gasteiger partial charge in [0.1, 0.15) is 6.42 Å². The van der Waals surface area contributed by atoms with Crippen molar-refractivity contribution in [1.29, 1.82) is 0 Å². The third kappa shape index (κ3) is 1.86. The van der Waals surface area contributed by atoms with Gasteiger partial charge in [0, 0.05) is 19.0 Å². The monoisotopic (exact) mass is 165 g/mol. The number of carbonyl (C=O) groups is 1. The quantitative estimate of drug-likeness (QED) is 0.633. The fourth-order valence-corrected chi connectivity index (χ4v) is 0.933. The van der Waals surface area contributed by atoms with Crippen LogP contribution in [0, 0.1) is 5.92 Å². The molecule has 0 amide bonds. The van der Waals surface area contributed by atoms with Gasteiger partial charge in [-0.2, -0.15) is 0 Å². The predicted molar refractivity (Wildman–Crippen MR) is 33.6 cm³/mol. The van der Waals surface area contributed by atoms with Crippen LogP contribution >= 0.6 is 0 Å². The summed E-state index contributed by atoms with van der Waals surface area (Å²) in [5.74, 6) is -5.28. The first-order valence-electron chi connectivity index (χ1n) is 3.33. The lowest BCUT2D eigenvalue weighted by atomic mass is 9.93. The van der Waals surface area contributed by atoms with Gasteiger partial charge < -0.3 is 10.4 Å². The molecule has 1 saturated heterocycles. The molecule has 0 aliphatic carbocycles. The van der Waals surface area contributed by atoms with Crippen LogP contribution in [0.3, 0.4) is 0 Å². The molecule has 64 valence electrons. The first-order chi connectivity index (χ1) is 5.02. The summed E-state index contributed by atoms with van der Waals surface area (Å²) in [6.45, 7) is 0.445. The van der Waals surface area contributed by atoms with Gasteiger partial charge in [-0.15, -0.1) is 0 Å². The van der Waals surface area contributed by atoms with Gasteiger partial charge in [0.25, 0.3) is 5.92 Å². The first kappa shape index (κ1) is 8.39. The molecule has 1 aliphatic rings. The van der Waals surface area contributed by atoms with Crippen LogP contribution in [-0.4, -0.2) is 30.1 Å². The summed E-state index contributed by atoms with van der Waals surface area (Å²) >= 11 is 0. The zero-order valence-electron chi connectivity index (χ0n) is 5.81. The highest BCUT2D eigenvalue weighted by Gasteiger charge is 2.44. The highest BCUT2D eigenvalue weighted by Crippen LogP contribution is 2.30. The Bertz CT molecular complexity index is 168. The van der Waals surface area contributed by atoms with E-state index in [2.05, 4.69) is 5.32 Å². The van der Waals surface area contributed by atoms with Gasteiger partial charge in [-0.3, -0.25) is 4.79 Å². The Kier molecular flexibility index (Phi) is 2.08. The molecule has 0 atom stereocenters. The lowest BCUT2D eigenvalue weighted by Crippen LogP contribution is -2.52. The van der Waals surface area contributed by atoms with Crippen molar-refractivity contribution >= 4 is 5.97 Å². The molecular formula is C6H9F2NO2. The lowest BCUT2D eigenvalue weighted by Gasteiger charge is -2.33. The van der Waals surface area contributed by atoms with Crippen molar-refractivity contribution in [2.45, 2.75) is 12.3 Å². The molecule has 0 unspecified atom stereocenters. The van der Waals surface area contributed by atoms with Crippen molar-refractivity contribution in [1.82, 2.24) is 5.32 Å². The van der Waals surface area contributed by atoms with E-state index in [1.54, 1.807) is 0 Å². The highest BCUT2D eigenvalue weighted by molar-refractivity contribution is 5.67. The average Bonchev–Trinajstić information content (AvgIpc) is 1.50. The van der Waals surface area contributed by atoms with E-state index in [0.717, 1.165) is 0 Å². The third-order valence-electron chi connectivity index (χ3n) is 1.77. The zero-order valence-corrected chi connectivity index (χ0v) is 5.81. The molecule has 0 radical (unpaired) electrons. The maximum absolute atomic E-state index is 12.7. The number of nitrogens with one attached hydrogen (secondary N) is 1. The molecule has 2 N–H and O–H groups in total. The molecule has 1 heterocycles. The minimum absolute atomic E-state index is 0.222. The minimum atomic E-state index is -3.04. The number of carboxylic acids is 1. The second-order valence-corrected chi connectivity index (χ2v) is 2.69. The summed E-state index contributed by atoms with van der Waals surface area (Å²) in [5.41, 5.74) is 0. The molecule has 1 aliphatic heterocycles. The van der Waals surface area contributed by atoms with Crippen LogP contribution in [0.5, 0.6) is 0 Å². The van der Waals surface area contributed by atoms with Crippen molar-refractivity contribution in [2.75, 3.05) is 13.1 Å². The summed E-state index contributed by atoms with van der Waals surface area (Å²) in [7, 11) is 0. The Hall–Kier alpha value is -0.710. The van der Waals surface area contributed by atoms with Gasteiger partial charge in [0.2, 0.25) is 0 Å². The molecule has 0 spiro atoms. The van der Waals surface area contributed by atoms with Crippen LogP contribution in [-0.2, 0) is 4.79 Å². The third-order valence-corrected chi connectivity index (χ3v) is 1.77. The number of halogens is 2. The molecule has 0 aromatic rings. The number of hydrogen-bond donors (Lipinski definition) is 2. The summed E-state index contributed by atoms with van der Waals surface area (Å²) in [6, 6.07) is 0. The van der Waals surface area contributed by atoms with Crippen LogP contribution < -0.4 is 5.32 Å². The SMILES string of the molecule is O=C(O)CC(F)(F)C1CNC1. The topological polar surface area (TPSA) is 49.3 Å². The van der Waals surface area contributed by atoms with E-state index in [1.165, 1.54) is 0 Å². The van der Waals surface area contributed by atoms with Crippen molar-refractivity contribution in [3.8, 4) is 0 Å². The molecule has 11 heavy (non-hydrogen) atoms. The van der Waals surface area contributed by atoms with E-state index in [0.29, 0.717) is 0 Å². The van der Waals surface area contributed by atoms with E-state index < -0.39 is 24.2 Å². The summed E-state index contributed by atoms with van der Waals surface area (Å²) in [5, 5.41) is 10.8. The van der Waals surface area contributed by atoms with E-state index in [1.807, 2.05) is 0 Å². The largest absolute Gasteiger partial charge is 0.481 e. The Labute approximate surface area is 62.4 Å². The number of rotatable bonds is 3. The van der Waals surface area contributed by atoms with Crippen molar-refractivity contribution in [3.63, 3.8) is 0 Å². The Morgan fingerprint density at radius 1 is 1.64 bits per heavy atom. The fourth-order valence-electron chi connectivity index (χ4n) is 0.933. The average molecular weight is 165 g/mol. The minimum Gasteiger partial charge on any atom is -0.481 e. The van der Waals surface area contributed by atoms with Crippen molar-refractivity contribution in [2.24, 2.45) is 5.92 Å². The van der Waals surface area contributed by atoms with Crippen molar-refractivity contribution < 1.29 is 18.7 Å². The van der Waals surface area contributed by atoms with Gasteiger partial charge in [0.05, 0.1) is 0 Å². The smallest absolute Gasteiger partial charge is 0.309 e. The Balaban J connectivity index is 2.43. The van der Waals surface area contributed by atoms with Gasteiger partial charge >= 0.3 is 5.97 Å². The van der Waals surface area contributed by atoms with E-state index in [4.69, 9.17) is 5.11 Å². The second kappa shape index (κ2) is 2.73. The normalized spacial score (nSPS) is 19.5. The van der Waals surface area contributed by atoms with Crippen LogP contribution in [0.25, 0.3) is 0 Å². The molecule has 0 saturated carbocycles. The van der Waals surface area contributed by atoms with Gasteiger partial charge in [-0.1, -0.05) is 0 Å². The van der Waals surface area contributed by atoms with E-state index >= 15 is 0 Å². The lowest BCUT2D eigenvalue weighted by molar-refractivity contribution is -0.151. The number of aliphatic carboxylic acids is 1. The molecule has 5 heteroatoms. The molecule has 0 aromatic heterocycles. The van der Waals surface area contributed by atoms with E-state index in [-0.39, 0.29) is 13.1 Å². The van der Waals surface area contributed by atoms with Crippen LogP contribution in [0.4, 0.5) is 8.78 Å². The van der Waals surface area contributed by atoms with Crippen LogP contribution in [0.1, 0.15) is 6.42 Å². The number of hydrogen-bond acceptors (Lipinski definition) is 2. The second-order valence-electron chi connectivity index (χ2n) is 2.69. The summed E-state index contributed by atoms with van der Waals surface area (Å²) in [6.07, 6.45) is -1.06. The number of carboxylic acid groups (broad SMARTS) is 1. The van der Waals surface area contributed by atoms with E-state index in [9.17, 15) is 13.6 Å². The van der Waals surface area contributed by atoms with Gasteiger partial charge in [-0.25, -0.2) is 8.78 Å². The number of alkyl halides is 2. The predicted octanol–water partition coefficient (Wildman–Crippen LogP) is 0.316. The molecule has 0 bridgehead atoms. The highest BCUT2D eigenvalue weighted by atomic mass is 19.3. The summed E-state index contributed by atoms with van der Waals surface area (Å²) < 4.78 is 25.4. The maximum atomic E-state index is 12.7. The van der Waals surface area contributed by atoms with Crippen LogP contribution in [0.2, 0.25) is 0 Å². The Morgan fingerprint density at radius 3 is 2.45 bits per heavy atom. The standard InChI is InChI=1S/C6H9F2NO2/c7-6(8,1-5(10)11)4-2-9-3-4/h4,9H,1-3H2,(H,10,11). The zero-order chi connectivity index (χ0) is 8.48. The van der Waals surface area contributed by atoms with Gasteiger partial charge in [0.15, 0.2) is 0 Å². The molecule has 3 nitrogen and oxygen atoms in total. The Morgan fingerprint density at radius 2 is 2.18 bits per heavy atom. The summed E-state index contributed by atoms with van der Waals surface area (Å²) in [4.78, 5) is 9.96. The molecule has 0 aromatic carbocycles. The fraction of sp³-hybridized carbons (Fsp3) is 0.833. The van der Waals surface area contributed by atoms with Crippen molar-refractivity contribution in [3.05, 3.63) is 0 Å². The molecule has 1 fully saturated rings. The van der Waals surface area contributed by atoms with Gasteiger partial charge in [-0.05, 0) is 0 Å². The molecular weight excluding hydrogens is 156 g/mol. The first-order valence-corrected chi connectivity index (χ1v) is 3.33.